The molecule has 1 fully saturated rings. The van der Waals surface area contributed by atoms with Gasteiger partial charge in [0.15, 0.2) is 0 Å². The molecule has 9 heteroatoms. The highest BCUT2D eigenvalue weighted by Gasteiger charge is 2.26. The molecule has 0 unspecified atom stereocenters. The monoisotopic (exact) mass is 440 g/mol. The molecule has 1 aromatic heterocycles. The first-order valence-electron chi connectivity index (χ1n) is 10.1. The molecule has 0 spiro atoms. The second-order valence-corrected chi connectivity index (χ2v) is 9.43. The third kappa shape index (κ3) is 4.18. The lowest BCUT2D eigenvalue weighted by Gasteiger charge is -2.15. The molecule has 162 valence electrons. The lowest BCUT2D eigenvalue weighted by atomic mass is 10.1. The number of anilines is 1. The molecule has 1 amide bonds. The number of sulfonamides is 1. The van der Waals surface area contributed by atoms with Gasteiger partial charge in [-0.25, -0.2) is 8.42 Å². The van der Waals surface area contributed by atoms with Crippen LogP contribution in [0.2, 0.25) is 0 Å². The Hall–Kier alpha value is -3.20. The van der Waals surface area contributed by atoms with Crippen molar-refractivity contribution in [3.05, 3.63) is 59.0 Å². The van der Waals surface area contributed by atoms with Gasteiger partial charge in [0.25, 0.3) is 10.0 Å². The first-order valence-corrected chi connectivity index (χ1v) is 11.6. The van der Waals surface area contributed by atoms with Crippen LogP contribution in [-0.2, 0) is 10.0 Å². The maximum Gasteiger partial charge on any atom is 0.316 e. The smallest absolute Gasteiger partial charge is 0.316 e. The van der Waals surface area contributed by atoms with Crippen molar-refractivity contribution in [1.29, 1.82) is 0 Å². The van der Waals surface area contributed by atoms with Gasteiger partial charge in [-0.2, -0.15) is 4.98 Å². The van der Waals surface area contributed by atoms with E-state index >= 15 is 0 Å². The lowest BCUT2D eigenvalue weighted by Crippen LogP contribution is -2.27. The Morgan fingerprint density at radius 3 is 2.39 bits per heavy atom. The minimum absolute atomic E-state index is 0.0875. The minimum Gasteiger partial charge on any atom is -0.334 e. The largest absolute Gasteiger partial charge is 0.334 e. The Morgan fingerprint density at radius 2 is 1.71 bits per heavy atom. The molecule has 2 heterocycles. The van der Waals surface area contributed by atoms with Crippen molar-refractivity contribution in [3.63, 3.8) is 0 Å². The SMILES string of the molecule is Cc1ccc(-c2noc(C(=O)N3CCCC3)n2)cc1S(=O)(=O)Nc1c(C)cccc1C. The zero-order chi connectivity index (χ0) is 22.2. The average Bonchev–Trinajstić information content (AvgIpc) is 3.43. The number of nitrogens with one attached hydrogen (secondary N) is 1. The molecule has 0 radical (unpaired) electrons. The van der Waals surface area contributed by atoms with Gasteiger partial charge < -0.3 is 9.42 Å². The summed E-state index contributed by atoms with van der Waals surface area (Å²) in [6.07, 6.45) is 1.92. The zero-order valence-electron chi connectivity index (χ0n) is 17.7. The topological polar surface area (TPSA) is 105 Å². The molecule has 0 atom stereocenters. The molecule has 1 aliphatic rings. The maximum atomic E-state index is 13.2. The number of aryl methyl sites for hydroxylation is 3. The number of hydrogen-bond acceptors (Lipinski definition) is 6. The van der Waals surface area contributed by atoms with E-state index in [-0.39, 0.29) is 22.5 Å². The van der Waals surface area contributed by atoms with E-state index < -0.39 is 10.0 Å². The first kappa shape index (κ1) is 21.0. The van der Waals surface area contributed by atoms with Crippen LogP contribution >= 0.6 is 0 Å². The van der Waals surface area contributed by atoms with Crippen LogP contribution in [0.25, 0.3) is 11.4 Å². The summed E-state index contributed by atoms with van der Waals surface area (Å²) < 4.78 is 34.2. The number of rotatable bonds is 5. The molecule has 2 aromatic carbocycles. The van der Waals surface area contributed by atoms with Crippen molar-refractivity contribution in [2.75, 3.05) is 17.8 Å². The van der Waals surface area contributed by atoms with E-state index in [2.05, 4.69) is 14.9 Å². The highest BCUT2D eigenvalue weighted by molar-refractivity contribution is 7.92. The summed E-state index contributed by atoms with van der Waals surface area (Å²) in [5.74, 6) is -0.213. The van der Waals surface area contributed by atoms with E-state index in [0.29, 0.717) is 29.9 Å². The number of carbonyl (C=O) groups excluding carboxylic acids is 1. The van der Waals surface area contributed by atoms with Crippen molar-refractivity contribution in [2.24, 2.45) is 0 Å². The highest BCUT2D eigenvalue weighted by atomic mass is 32.2. The molecule has 8 nitrogen and oxygen atoms in total. The number of para-hydroxylation sites is 1. The van der Waals surface area contributed by atoms with Crippen LogP contribution < -0.4 is 4.72 Å². The number of hydrogen-bond donors (Lipinski definition) is 1. The van der Waals surface area contributed by atoms with Crippen molar-refractivity contribution < 1.29 is 17.7 Å². The minimum atomic E-state index is -3.85. The van der Waals surface area contributed by atoms with E-state index in [9.17, 15) is 13.2 Å². The summed E-state index contributed by atoms with van der Waals surface area (Å²) in [5, 5.41) is 3.90. The van der Waals surface area contributed by atoms with Gasteiger partial charge in [0.2, 0.25) is 5.82 Å². The van der Waals surface area contributed by atoms with Gasteiger partial charge in [-0.05, 0) is 56.4 Å². The first-order chi connectivity index (χ1) is 14.8. The number of aromatic nitrogens is 2. The van der Waals surface area contributed by atoms with Crippen LogP contribution in [0.5, 0.6) is 0 Å². The third-order valence-corrected chi connectivity index (χ3v) is 6.95. The third-order valence-electron chi connectivity index (χ3n) is 5.46. The van der Waals surface area contributed by atoms with E-state index in [4.69, 9.17) is 4.52 Å². The number of likely N-dealkylation sites (tertiary alicyclic amines) is 1. The van der Waals surface area contributed by atoms with E-state index in [1.807, 2.05) is 32.0 Å². The maximum absolute atomic E-state index is 13.2. The van der Waals surface area contributed by atoms with Crippen LogP contribution in [0.3, 0.4) is 0 Å². The van der Waals surface area contributed by atoms with Crippen molar-refractivity contribution in [2.45, 2.75) is 38.5 Å². The Balaban J connectivity index is 1.65. The Bertz CT molecular complexity index is 1220. The van der Waals surface area contributed by atoms with Crippen molar-refractivity contribution in [1.82, 2.24) is 15.0 Å². The molecule has 1 aliphatic heterocycles. The summed E-state index contributed by atoms with van der Waals surface area (Å²) >= 11 is 0. The molecule has 3 aromatic rings. The molecule has 31 heavy (non-hydrogen) atoms. The molecule has 0 aliphatic carbocycles. The normalized spacial score (nSPS) is 14.1. The number of nitrogens with zero attached hydrogens (tertiary/aromatic N) is 3. The van der Waals surface area contributed by atoms with Gasteiger partial charge in [0.05, 0.1) is 10.6 Å². The average molecular weight is 441 g/mol. The Kier molecular flexibility index (Phi) is 5.53. The van der Waals surface area contributed by atoms with Gasteiger partial charge in [-0.15, -0.1) is 0 Å². The molecular weight excluding hydrogens is 416 g/mol. The lowest BCUT2D eigenvalue weighted by molar-refractivity contribution is 0.0743. The molecule has 0 bridgehead atoms. The van der Waals surface area contributed by atoms with E-state index in [1.54, 1.807) is 24.0 Å². The van der Waals surface area contributed by atoms with Crippen LogP contribution in [0.15, 0.2) is 45.8 Å². The fourth-order valence-electron chi connectivity index (χ4n) is 3.68. The quantitative estimate of drug-likeness (QED) is 0.649. The van der Waals surface area contributed by atoms with E-state index in [0.717, 1.165) is 24.0 Å². The highest BCUT2D eigenvalue weighted by Crippen LogP contribution is 2.28. The number of carbonyl (C=O) groups is 1. The van der Waals surface area contributed by atoms with Gasteiger partial charge >= 0.3 is 11.8 Å². The number of benzene rings is 2. The molecule has 0 saturated carbocycles. The van der Waals surface area contributed by atoms with Crippen LogP contribution in [-0.4, -0.2) is 42.5 Å². The Morgan fingerprint density at radius 1 is 1.03 bits per heavy atom. The van der Waals surface area contributed by atoms with Crippen LogP contribution in [0.4, 0.5) is 5.69 Å². The summed E-state index contributed by atoms with van der Waals surface area (Å²) in [6.45, 7) is 6.78. The summed E-state index contributed by atoms with van der Waals surface area (Å²) in [6, 6.07) is 10.5. The van der Waals surface area contributed by atoms with Crippen LogP contribution in [0.1, 0.15) is 40.2 Å². The summed E-state index contributed by atoms with van der Waals surface area (Å²) in [7, 11) is -3.85. The fourth-order valence-corrected chi connectivity index (χ4v) is 5.15. The Labute approximate surface area is 181 Å². The van der Waals surface area contributed by atoms with Gasteiger partial charge in [-0.3, -0.25) is 9.52 Å². The molecule has 1 saturated heterocycles. The van der Waals surface area contributed by atoms with Gasteiger partial charge in [0.1, 0.15) is 0 Å². The predicted molar refractivity (Wildman–Crippen MR) is 116 cm³/mol. The molecular formula is C22H24N4O4S. The standard InChI is InChI=1S/C22H24N4O4S/c1-14-9-10-17(20-23-21(30-24-20)22(27)26-11-4-5-12-26)13-18(14)31(28,29)25-19-15(2)7-6-8-16(19)3/h6-10,13,25H,4-5,11-12H2,1-3H3. The van der Waals surface area contributed by atoms with Crippen molar-refractivity contribution >= 4 is 21.6 Å². The summed E-state index contributed by atoms with van der Waals surface area (Å²) in [5.41, 5.74) is 3.27. The fraction of sp³-hybridized carbons (Fsp3) is 0.318. The second kappa shape index (κ2) is 8.14. The van der Waals surface area contributed by atoms with Crippen molar-refractivity contribution in [3.8, 4) is 11.4 Å². The second-order valence-electron chi connectivity index (χ2n) is 7.78. The van der Waals surface area contributed by atoms with Gasteiger partial charge in [0, 0.05) is 18.7 Å². The van der Waals surface area contributed by atoms with E-state index in [1.165, 1.54) is 6.07 Å². The van der Waals surface area contributed by atoms with Crippen LogP contribution in [0, 0.1) is 20.8 Å². The molecule has 4 rings (SSSR count). The predicted octanol–water partition coefficient (Wildman–Crippen LogP) is 3.70. The summed E-state index contributed by atoms with van der Waals surface area (Å²) in [4.78, 5) is 18.5. The zero-order valence-corrected chi connectivity index (χ0v) is 18.5. The van der Waals surface area contributed by atoms with Gasteiger partial charge in [-0.1, -0.05) is 35.5 Å². The molecule has 1 N–H and O–H groups in total. The number of amides is 1.